The van der Waals surface area contributed by atoms with Gasteiger partial charge in [-0.05, 0) is 50.3 Å². The molecule has 2 unspecified atom stereocenters. The average molecular weight is 419 g/mol. The van der Waals surface area contributed by atoms with E-state index in [1.165, 1.54) is 0 Å². The van der Waals surface area contributed by atoms with E-state index in [0.717, 1.165) is 62.6 Å². The van der Waals surface area contributed by atoms with E-state index in [1.807, 2.05) is 31.2 Å². The molecule has 8 heteroatoms. The number of anilines is 1. The predicted octanol–water partition coefficient (Wildman–Crippen LogP) is 2.05. The van der Waals surface area contributed by atoms with Crippen LogP contribution in [0.2, 0.25) is 0 Å². The summed E-state index contributed by atoms with van der Waals surface area (Å²) in [6, 6.07) is 7.78. The largest absolute Gasteiger partial charge is 0.379 e. The number of carbonyl (C=O) groups excluding carboxylic acids is 1. The fourth-order valence-corrected chi connectivity index (χ4v) is 3.44. The monoisotopic (exact) mass is 418 g/mol. The maximum atomic E-state index is 12.2. The van der Waals surface area contributed by atoms with E-state index in [-0.39, 0.29) is 18.1 Å². The summed E-state index contributed by atoms with van der Waals surface area (Å²) in [5, 5.41) is 9.54. The number of hydrogen-bond acceptors (Lipinski definition) is 5. The van der Waals surface area contributed by atoms with Gasteiger partial charge in [0.25, 0.3) is 5.91 Å². The van der Waals surface area contributed by atoms with Crippen molar-refractivity contribution in [3.63, 3.8) is 0 Å². The van der Waals surface area contributed by atoms with E-state index in [0.29, 0.717) is 26.4 Å². The molecule has 2 fully saturated rings. The van der Waals surface area contributed by atoms with Gasteiger partial charge in [0, 0.05) is 38.6 Å². The van der Waals surface area contributed by atoms with Gasteiger partial charge in [-0.15, -0.1) is 0 Å². The molecule has 2 atom stereocenters. The number of ether oxygens (including phenoxy) is 3. The fourth-order valence-electron chi connectivity index (χ4n) is 3.44. The van der Waals surface area contributed by atoms with Crippen molar-refractivity contribution >= 4 is 17.6 Å². The molecular weight excluding hydrogens is 384 g/mol. The highest BCUT2D eigenvalue weighted by atomic mass is 16.5. The first-order valence-electron chi connectivity index (χ1n) is 11.0. The predicted molar refractivity (Wildman–Crippen MR) is 117 cm³/mol. The molecule has 1 aromatic rings. The van der Waals surface area contributed by atoms with Crippen LogP contribution in [0.4, 0.5) is 5.69 Å². The third-order valence-corrected chi connectivity index (χ3v) is 5.04. The van der Waals surface area contributed by atoms with Crippen molar-refractivity contribution in [1.29, 1.82) is 0 Å². The SMILES string of the molecule is CCNC(=NCc1cccc(NC(=O)C2CCCO2)c1)NCCCOC1CCOC1. The first kappa shape index (κ1) is 22.5. The summed E-state index contributed by atoms with van der Waals surface area (Å²) < 4.78 is 16.5. The summed E-state index contributed by atoms with van der Waals surface area (Å²) in [7, 11) is 0. The van der Waals surface area contributed by atoms with Crippen LogP contribution in [-0.4, -0.2) is 63.6 Å². The third kappa shape index (κ3) is 7.59. The summed E-state index contributed by atoms with van der Waals surface area (Å²) in [5.41, 5.74) is 1.80. The molecule has 0 aliphatic carbocycles. The Bertz CT molecular complexity index is 685. The number of aliphatic imine (C=N–C) groups is 1. The minimum atomic E-state index is -0.332. The fraction of sp³-hybridized carbons (Fsp3) is 0.636. The van der Waals surface area contributed by atoms with Crippen LogP contribution in [0.3, 0.4) is 0 Å². The van der Waals surface area contributed by atoms with Crippen LogP contribution in [0.5, 0.6) is 0 Å². The lowest BCUT2D eigenvalue weighted by Gasteiger charge is -2.13. The number of hydrogen-bond donors (Lipinski definition) is 3. The van der Waals surface area contributed by atoms with E-state index in [4.69, 9.17) is 14.2 Å². The van der Waals surface area contributed by atoms with Crippen LogP contribution in [0.25, 0.3) is 0 Å². The van der Waals surface area contributed by atoms with Gasteiger partial charge in [-0.3, -0.25) is 4.79 Å². The molecule has 30 heavy (non-hydrogen) atoms. The Morgan fingerprint density at radius 2 is 2.20 bits per heavy atom. The number of carbonyl (C=O) groups is 1. The highest BCUT2D eigenvalue weighted by Gasteiger charge is 2.23. The second-order valence-electron chi connectivity index (χ2n) is 7.52. The van der Waals surface area contributed by atoms with Crippen molar-refractivity contribution < 1.29 is 19.0 Å². The van der Waals surface area contributed by atoms with Crippen LogP contribution in [0.1, 0.15) is 38.2 Å². The molecule has 2 aliphatic heterocycles. The van der Waals surface area contributed by atoms with Gasteiger partial charge in [-0.1, -0.05) is 12.1 Å². The molecule has 3 N–H and O–H groups in total. The average Bonchev–Trinajstić information content (AvgIpc) is 3.46. The van der Waals surface area contributed by atoms with Gasteiger partial charge >= 0.3 is 0 Å². The Labute approximate surface area is 178 Å². The van der Waals surface area contributed by atoms with Crippen molar-refractivity contribution in [2.24, 2.45) is 4.99 Å². The Balaban J connectivity index is 1.43. The lowest BCUT2D eigenvalue weighted by atomic mass is 10.2. The van der Waals surface area contributed by atoms with Crippen molar-refractivity contribution in [3.8, 4) is 0 Å². The van der Waals surface area contributed by atoms with Crippen molar-refractivity contribution in [3.05, 3.63) is 29.8 Å². The van der Waals surface area contributed by atoms with Crippen molar-refractivity contribution in [2.75, 3.05) is 44.8 Å². The Morgan fingerprint density at radius 3 is 2.97 bits per heavy atom. The second kappa shape index (κ2) is 12.5. The highest BCUT2D eigenvalue weighted by molar-refractivity contribution is 5.94. The van der Waals surface area contributed by atoms with Gasteiger partial charge in [0.1, 0.15) is 6.10 Å². The molecule has 2 heterocycles. The summed E-state index contributed by atoms with van der Waals surface area (Å²) in [5.74, 6) is 0.699. The minimum absolute atomic E-state index is 0.0745. The lowest BCUT2D eigenvalue weighted by Crippen LogP contribution is -2.38. The lowest BCUT2D eigenvalue weighted by molar-refractivity contribution is -0.124. The van der Waals surface area contributed by atoms with Crippen LogP contribution < -0.4 is 16.0 Å². The first-order chi connectivity index (χ1) is 14.7. The molecule has 3 rings (SSSR count). The van der Waals surface area contributed by atoms with Gasteiger partial charge in [0.2, 0.25) is 0 Å². The maximum absolute atomic E-state index is 12.2. The normalized spacial score (nSPS) is 21.6. The molecule has 2 aliphatic rings. The maximum Gasteiger partial charge on any atom is 0.253 e. The van der Waals surface area contributed by atoms with Crippen LogP contribution in [0, 0.1) is 0 Å². The highest BCUT2D eigenvalue weighted by Crippen LogP contribution is 2.16. The van der Waals surface area contributed by atoms with Crippen molar-refractivity contribution in [1.82, 2.24) is 10.6 Å². The molecule has 0 radical (unpaired) electrons. The number of guanidine groups is 1. The summed E-state index contributed by atoms with van der Waals surface area (Å²) >= 11 is 0. The van der Waals surface area contributed by atoms with Crippen LogP contribution in [0.15, 0.2) is 29.3 Å². The standard InChI is InChI=1S/C22H34N4O4/c1-2-23-22(24-10-5-12-29-19-9-13-28-16-19)25-15-17-6-3-7-18(14-17)26-21(27)20-8-4-11-30-20/h3,6-7,14,19-20H,2,4-5,8-13,15-16H2,1H3,(H,26,27)(H2,23,24,25). The quantitative estimate of drug-likeness (QED) is 0.306. The number of nitrogens with one attached hydrogen (secondary N) is 3. The zero-order chi connectivity index (χ0) is 21.0. The smallest absolute Gasteiger partial charge is 0.253 e. The molecule has 0 saturated carbocycles. The van der Waals surface area contributed by atoms with E-state index in [2.05, 4.69) is 20.9 Å². The Kier molecular flexibility index (Phi) is 9.40. The Hall–Kier alpha value is -2.16. The molecule has 1 amide bonds. The van der Waals surface area contributed by atoms with E-state index < -0.39 is 0 Å². The molecule has 2 saturated heterocycles. The van der Waals surface area contributed by atoms with Gasteiger partial charge in [-0.2, -0.15) is 0 Å². The molecule has 0 spiro atoms. The molecule has 8 nitrogen and oxygen atoms in total. The van der Waals surface area contributed by atoms with Gasteiger partial charge in [-0.25, -0.2) is 4.99 Å². The van der Waals surface area contributed by atoms with Gasteiger partial charge in [0.05, 0.1) is 19.3 Å². The third-order valence-electron chi connectivity index (χ3n) is 5.04. The zero-order valence-corrected chi connectivity index (χ0v) is 17.8. The zero-order valence-electron chi connectivity index (χ0n) is 17.8. The van der Waals surface area contributed by atoms with Gasteiger partial charge < -0.3 is 30.2 Å². The number of amides is 1. The molecule has 0 aromatic heterocycles. The molecule has 1 aromatic carbocycles. The summed E-state index contributed by atoms with van der Waals surface area (Å²) in [6.45, 7) is 7.04. The molecular formula is C22H34N4O4. The summed E-state index contributed by atoms with van der Waals surface area (Å²) in [6.07, 6.45) is 3.54. The van der Waals surface area contributed by atoms with E-state index in [9.17, 15) is 4.79 Å². The summed E-state index contributed by atoms with van der Waals surface area (Å²) in [4.78, 5) is 16.9. The van der Waals surface area contributed by atoms with Crippen LogP contribution in [-0.2, 0) is 25.5 Å². The van der Waals surface area contributed by atoms with Gasteiger partial charge in [0.15, 0.2) is 5.96 Å². The Morgan fingerprint density at radius 1 is 1.27 bits per heavy atom. The number of rotatable bonds is 10. The molecule has 166 valence electrons. The first-order valence-corrected chi connectivity index (χ1v) is 11.0. The minimum Gasteiger partial charge on any atom is -0.379 e. The molecule has 0 bridgehead atoms. The van der Waals surface area contributed by atoms with Crippen molar-refractivity contribution in [2.45, 2.75) is 51.4 Å². The van der Waals surface area contributed by atoms with Crippen LogP contribution >= 0.6 is 0 Å². The second-order valence-corrected chi connectivity index (χ2v) is 7.52. The number of nitrogens with zero attached hydrogens (tertiary/aromatic N) is 1. The van der Waals surface area contributed by atoms with E-state index >= 15 is 0 Å². The topological polar surface area (TPSA) is 93.2 Å². The van der Waals surface area contributed by atoms with E-state index in [1.54, 1.807) is 0 Å². The number of benzene rings is 1.